The van der Waals surface area contributed by atoms with Crippen LogP contribution in [0.25, 0.3) is 11.2 Å². The molecule has 2 aromatic heterocycles. The minimum absolute atomic E-state index is 0.0341. The van der Waals surface area contributed by atoms with E-state index in [0.29, 0.717) is 0 Å². The molecular formula is C18H23F2N5O. The number of aromatic nitrogens is 3. The van der Waals surface area contributed by atoms with E-state index in [1.165, 1.54) is 0 Å². The van der Waals surface area contributed by atoms with Crippen LogP contribution in [0.15, 0.2) is 18.3 Å². The Hall–Kier alpha value is -2.25. The molecule has 0 saturated carbocycles. The van der Waals surface area contributed by atoms with Gasteiger partial charge >= 0.3 is 0 Å². The number of pyridine rings is 1. The first-order valence-electron chi connectivity index (χ1n) is 9.14. The molecule has 0 radical (unpaired) electrons. The zero-order valence-electron chi connectivity index (χ0n) is 14.9. The number of likely N-dealkylation sites (tertiary alicyclic amines) is 1. The average molecular weight is 363 g/mol. The van der Waals surface area contributed by atoms with Crippen molar-refractivity contribution in [1.82, 2.24) is 19.4 Å². The van der Waals surface area contributed by atoms with E-state index in [2.05, 4.69) is 14.9 Å². The standard InChI is InChI=1S/C18H23F2N5O/c1-23-15-14(3-2-8-21-15)22-17(23)25-9-4-13(5-10-25)16(26)24-11-6-18(19,20)7-12-24/h2-3,8,13H,4-7,9-12H2,1H3. The maximum atomic E-state index is 13.3. The van der Waals surface area contributed by atoms with Crippen molar-refractivity contribution in [2.24, 2.45) is 13.0 Å². The lowest BCUT2D eigenvalue weighted by atomic mass is 9.94. The average Bonchev–Trinajstić information content (AvgIpc) is 2.98. The van der Waals surface area contributed by atoms with E-state index in [4.69, 9.17) is 0 Å². The molecule has 0 atom stereocenters. The quantitative estimate of drug-likeness (QED) is 0.822. The Bertz CT molecular complexity index is 803. The number of hydrogen-bond acceptors (Lipinski definition) is 4. The molecule has 0 bridgehead atoms. The van der Waals surface area contributed by atoms with Crippen molar-refractivity contribution in [2.45, 2.75) is 31.6 Å². The lowest BCUT2D eigenvalue weighted by Gasteiger charge is -2.37. The summed E-state index contributed by atoms with van der Waals surface area (Å²) in [5, 5.41) is 0. The number of carbonyl (C=O) groups excluding carboxylic acids is 1. The molecular weight excluding hydrogens is 340 g/mol. The fourth-order valence-electron chi connectivity index (χ4n) is 3.93. The van der Waals surface area contributed by atoms with Gasteiger partial charge in [0, 0.05) is 58.2 Å². The molecule has 0 unspecified atom stereocenters. The highest BCUT2D eigenvalue weighted by Crippen LogP contribution is 2.30. The number of imidazole rings is 1. The van der Waals surface area contributed by atoms with E-state index in [-0.39, 0.29) is 37.8 Å². The molecule has 6 nitrogen and oxygen atoms in total. The van der Waals surface area contributed by atoms with Gasteiger partial charge in [-0.1, -0.05) is 0 Å². The van der Waals surface area contributed by atoms with E-state index in [0.717, 1.165) is 43.0 Å². The van der Waals surface area contributed by atoms with Crippen LogP contribution in [0.5, 0.6) is 0 Å². The molecule has 26 heavy (non-hydrogen) atoms. The van der Waals surface area contributed by atoms with Crippen LogP contribution in [-0.2, 0) is 11.8 Å². The van der Waals surface area contributed by atoms with Crippen LogP contribution >= 0.6 is 0 Å². The highest BCUT2D eigenvalue weighted by Gasteiger charge is 2.38. The lowest BCUT2D eigenvalue weighted by Crippen LogP contribution is -2.47. The van der Waals surface area contributed by atoms with E-state index < -0.39 is 5.92 Å². The number of fused-ring (bicyclic) bond motifs is 1. The van der Waals surface area contributed by atoms with Gasteiger partial charge in [0.1, 0.15) is 5.52 Å². The molecule has 2 aliphatic rings. The summed E-state index contributed by atoms with van der Waals surface area (Å²) in [6.45, 7) is 1.81. The predicted octanol–water partition coefficient (Wildman–Crippen LogP) is 2.44. The summed E-state index contributed by atoms with van der Waals surface area (Å²) < 4.78 is 28.6. The van der Waals surface area contributed by atoms with Gasteiger partial charge < -0.3 is 9.80 Å². The number of anilines is 1. The van der Waals surface area contributed by atoms with Crippen LogP contribution in [0.4, 0.5) is 14.7 Å². The van der Waals surface area contributed by atoms with Crippen molar-refractivity contribution in [3.05, 3.63) is 18.3 Å². The second-order valence-corrected chi connectivity index (χ2v) is 7.26. The molecule has 2 saturated heterocycles. The minimum Gasteiger partial charge on any atom is -0.342 e. The van der Waals surface area contributed by atoms with Gasteiger partial charge in [-0.05, 0) is 25.0 Å². The second kappa shape index (κ2) is 6.48. The van der Waals surface area contributed by atoms with Crippen molar-refractivity contribution in [2.75, 3.05) is 31.1 Å². The number of nitrogens with zero attached hydrogens (tertiary/aromatic N) is 5. The van der Waals surface area contributed by atoms with Crippen molar-refractivity contribution in [1.29, 1.82) is 0 Å². The van der Waals surface area contributed by atoms with Crippen LogP contribution in [0.3, 0.4) is 0 Å². The number of amides is 1. The van der Waals surface area contributed by atoms with Crippen molar-refractivity contribution >= 4 is 23.0 Å². The topological polar surface area (TPSA) is 54.3 Å². The van der Waals surface area contributed by atoms with Crippen LogP contribution in [-0.4, -0.2) is 57.4 Å². The van der Waals surface area contributed by atoms with Gasteiger partial charge in [-0.2, -0.15) is 0 Å². The fourth-order valence-corrected chi connectivity index (χ4v) is 3.93. The number of carbonyl (C=O) groups is 1. The molecule has 0 N–H and O–H groups in total. The summed E-state index contributed by atoms with van der Waals surface area (Å²) in [5.74, 6) is -1.80. The van der Waals surface area contributed by atoms with Gasteiger partial charge in [0.2, 0.25) is 11.9 Å². The molecule has 0 spiro atoms. The van der Waals surface area contributed by atoms with Crippen LogP contribution in [0, 0.1) is 5.92 Å². The molecule has 4 rings (SSSR count). The smallest absolute Gasteiger partial charge is 0.251 e. The first-order valence-corrected chi connectivity index (χ1v) is 9.14. The summed E-state index contributed by atoms with van der Waals surface area (Å²) in [6, 6.07) is 3.81. The molecule has 0 aromatic carbocycles. The van der Waals surface area contributed by atoms with Gasteiger partial charge in [-0.15, -0.1) is 0 Å². The van der Waals surface area contributed by atoms with E-state index in [9.17, 15) is 13.6 Å². The normalized spacial score (nSPS) is 21.3. The maximum absolute atomic E-state index is 13.3. The van der Waals surface area contributed by atoms with Gasteiger partial charge in [0.15, 0.2) is 5.65 Å². The Morgan fingerprint density at radius 1 is 1.19 bits per heavy atom. The molecule has 8 heteroatoms. The summed E-state index contributed by atoms with van der Waals surface area (Å²) in [5.41, 5.74) is 1.70. The van der Waals surface area contributed by atoms with Crippen molar-refractivity contribution in [3.63, 3.8) is 0 Å². The molecule has 2 aliphatic heterocycles. The number of halogens is 2. The van der Waals surface area contributed by atoms with Crippen molar-refractivity contribution in [3.8, 4) is 0 Å². The third kappa shape index (κ3) is 3.12. The van der Waals surface area contributed by atoms with Crippen LogP contribution in [0.2, 0.25) is 0 Å². The van der Waals surface area contributed by atoms with Gasteiger partial charge in [-0.3, -0.25) is 9.36 Å². The van der Waals surface area contributed by atoms with Crippen LogP contribution in [0.1, 0.15) is 25.7 Å². The number of hydrogen-bond donors (Lipinski definition) is 0. The van der Waals surface area contributed by atoms with Gasteiger partial charge in [0.25, 0.3) is 5.92 Å². The third-order valence-electron chi connectivity index (χ3n) is 5.54. The molecule has 4 heterocycles. The van der Waals surface area contributed by atoms with Gasteiger partial charge in [0.05, 0.1) is 0 Å². The Morgan fingerprint density at radius 3 is 2.54 bits per heavy atom. The Balaban J connectivity index is 1.39. The van der Waals surface area contributed by atoms with Crippen molar-refractivity contribution < 1.29 is 13.6 Å². The molecule has 2 fully saturated rings. The summed E-state index contributed by atoms with van der Waals surface area (Å²) >= 11 is 0. The summed E-state index contributed by atoms with van der Waals surface area (Å²) in [4.78, 5) is 25.5. The number of aryl methyl sites for hydroxylation is 1. The SMILES string of the molecule is Cn1c(N2CCC(C(=O)N3CCC(F)(F)CC3)CC2)nc2cccnc21. The lowest BCUT2D eigenvalue weighted by molar-refractivity contribution is -0.142. The van der Waals surface area contributed by atoms with E-state index >= 15 is 0 Å². The van der Waals surface area contributed by atoms with Gasteiger partial charge in [-0.25, -0.2) is 18.7 Å². The van der Waals surface area contributed by atoms with E-state index in [1.807, 2.05) is 23.7 Å². The van der Waals surface area contributed by atoms with E-state index in [1.54, 1.807) is 11.1 Å². The highest BCUT2D eigenvalue weighted by molar-refractivity contribution is 5.79. The monoisotopic (exact) mass is 363 g/mol. The molecule has 0 aliphatic carbocycles. The highest BCUT2D eigenvalue weighted by atomic mass is 19.3. The molecule has 1 amide bonds. The number of alkyl halides is 2. The molecule has 140 valence electrons. The first-order chi connectivity index (χ1) is 12.4. The Labute approximate surface area is 150 Å². The summed E-state index contributed by atoms with van der Waals surface area (Å²) in [7, 11) is 1.95. The zero-order chi connectivity index (χ0) is 18.3. The minimum atomic E-state index is -2.62. The largest absolute Gasteiger partial charge is 0.342 e. The third-order valence-corrected chi connectivity index (χ3v) is 5.54. The summed E-state index contributed by atoms with van der Waals surface area (Å²) in [6.07, 6.45) is 2.76. The fraction of sp³-hybridized carbons (Fsp3) is 0.611. The molecule has 2 aromatic rings. The second-order valence-electron chi connectivity index (χ2n) is 7.26. The maximum Gasteiger partial charge on any atom is 0.251 e. The van der Waals surface area contributed by atoms with Crippen LogP contribution < -0.4 is 4.90 Å². The zero-order valence-corrected chi connectivity index (χ0v) is 14.9. The predicted molar refractivity (Wildman–Crippen MR) is 94.2 cm³/mol. The Kier molecular flexibility index (Phi) is 4.28. The Morgan fingerprint density at radius 2 is 1.88 bits per heavy atom. The first kappa shape index (κ1) is 17.2. The number of piperidine rings is 2. The number of rotatable bonds is 2.